The Bertz CT molecular complexity index is 123. The summed E-state index contributed by atoms with van der Waals surface area (Å²) in [5.41, 5.74) is 0. The zero-order valence-corrected chi connectivity index (χ0v) is 7.09. The number of rotatable bonds is 2. The molecule has 0 aromatic carbocycles. The van der Waals surface area contributed by atoms with E-state index in [0.29, 0.717) is 0 Å². The number of hydrogen-bond acceptors (Lipinski definition) is 1. The lowest BCUT2D eigenvalue weighted by molar-refractivity contribution is 0.347. The molecule has 0 heterocycles. The van der Waals surface area contributed by atoms with Crippen LogP contribution in [0.2, 0.25) is 0 Å². The van der Waals surface area contributed by atoms with Crippen LogP contribution in [0, 0.1) is 0 Å². The van der Waals surface area contributed by atoms with E-state index in [-0.39, 0.29) is 0 Å². The van der Waals surface area contributed by atoms with Crippen molar-refractivity contribution in [2.75, 3.05) is 28.2 Å². The van der Waals surface area contributed by atoms with Crippen LogP contribution in [0.3, 0.4) is 0 Å². The van der Waals surface area contributed by atoms with E-state index in [2.05, 4.69) is 0 Å². The highest BCUT2D eigenvalue weighted by Gasteiger charge is 2.23. The van der Waals surface area contributed by atoms with Crippen molar-refractivity contribution in [2.24, 2.45) is 0 Å². The van der Waals surface area contributed by atoms with Crippen LogP contribution in [0.15, 0.2) is 0 Å². The summed E-state index contributed by atoms with van der Waals surface area (Å²) in [6.07, 6.45) is 0. The van der Waals surface area contributed by atoms with Crippen molar-refractivity contribution >= 4 is 7.67 Å². The van der Waals surface area contributed by atoms with E-state index >= 15 is 0 Å². The molecular weight excluding hydrogens is 139 g/mol. The molecule has 0 atom stereocenters. The molecule has 0 amide bonds. The fraction of sp³-hybridized carbons (Fsp3) is 1.00. The Morgan fingerprint density at radius 1 is 1.11 bits per heavy atom. The van der Waals surface area contributed by atoms with Gasteiger partial charge in [0.15, 0.2) is 0 Å². The van der Waals surface area contributed by atoms with E-state index in [1.807, 2.05) is 0 Å². The molecule has 0 aliphatic rings. The quantitative estimate of drug-likeness (QED) is 0.574. The lowest BCUT2D eigenvalue weighted by Gasteiger charge is -2.23. The van der Waals surface area contributed by atoms with Gasteiger partial charge in [-0.2, -0.15) is 0 Å². The van der Waals surface area contributed by atoms with Crippen molar-refractivity contribution in [3.63, 3.8) is 0 Å². The van der Waals surface area contributed by atoms with E-state index in [4.69, 9.17) is 4.89 Å². The van der Waals surface area contributed by atoms with Crippen molar-refractivity contribution in [3.8, 4) is 0 Å². The number of hydrogen-bond donors (Lipinski definition) is 1. The highest BCUT2D eigenvalue weighted by molar-refractivity contribution is 7.52. The Labute approximate surface area is 55.6 Å². The van der Waals surface area contributed by atoms with Crippen molar-refractivity contribution in [3.05, 3.63) is 0 Å². The van der Waals surface area contributed by atoms with Gasteiger partial charge in [0.1, 0.15) is 0 Å². The SMILES string of the molecule is CN(C)P(=O)(O)N(C)C. The lowest BCUT2D eigenvalue weighted by Crippen LogP contribution is -2.19. The molecule has 0 fully saturated rings. The molecule has 0 aliphatic heterocycles. The fourth-order valence-electron chi connectivity index (χ4n) is 0.358. The van der Waals surface area contributed by atoms with Crippen LogP contribution in [0.5, 0.6) is 0 Å². The molecule has 0 rings (SSSR count). The molecule has 0 radical (unpaired) electrons. The van der Waals surface area contributed by atoms with Gasteiger partial charge in [-0.1, -0.05) is 0 Å². The zero-order valence-electron chi connectivity index (χ0n) is 6.20. The van der Waals surface area contributed by atoms with Gasteiger partial charge in [-0.25, -0.2) is 9.34 Å². The molecule has 9 heavy (non-hydrogen) atoms. The maximum absolute atomic E-state index is 11.0. The summed E-state index contributed by atoms with van der Waals surface area (Å²) >= 11 is 0. The highest BCUT2D eigenvalue weighted by atomic mass is 31.2. The van der Waals surface area contributed by atoms with Crippen LogP contribution < -0.4 is 0 Å². The molecule has 56 valence electrons. The molecule has 0 bridgehead atoms. The first kappa shape index (κ1) is 9.11. The highest BCUT2D eigenvalue weighted by Crippen LogP contribution is 2.43. The van der Waals surface area contributed by atoms with Gasteiger partial charge in [0, 0.05) is 0 Å². The van der Waals surface area contributed by atoms with Crippen LogP contribution in [0.1, 0.15) is 0 Å². The maximum Gasteiger partial charge on any atom is 0.342 e. The van der Waals surface area contributed by atoms with Gasteiger partial charge >= 0.3 is 7.67 Å². The summed E-state index contributed by atoms with van der Waals surface area (Å²) in [6.45, 7) is 0. The molecular formula is C4H13N2O2P. The molecule has 0 unspecified atom stereocenters. The van der Waals surface area contributed by atoms with Gasteiger partial charge in [0.2, 0.25) is 0 Å². The van der Waals surface area contributed by atoms with Crippen molar-refractivity contribution in [2.45, 2.75) is 0 Å². The Kier molecular flexibility index (Phi) is 2.83. The molecule has 0 saturated carbocycles. The predicted octanol–water partition coefficient (Wildman–Crippen LogP) is 0.210. The zero-order chi connectivity index (χ0) is 7.65. The minimum Gasteiger partial charge on any atom is -0.322 e. The first-order valence-corrected chi connectivity index (χ1v) is 4.14. The monoisotopic (exact) mass is 152 g/mol. The van der Waals surface area contributed by atoms with Gasteiger partial charge in [-0.05, 0) is 28.2 Å². The van der Waals surface area contributed by atoms with Crippen molar-refractivity contribution < 1.29 is 9.46 Å². The third-order valence-corrected chi connectivity index (χ3v) is 3.13. The van der Waals surface area contributed by atoms with E-state index in [1.165, 1.54) is 9.34 Å². The van der Waals surface area contributed by atoms with Gasteiger partial charge in [0.25, 0.3) is 0 Å². The lowest BCUT2D eigenvalue weighted by atomic mass is 11.3. The largest absolute Gasteiger partial charge is 0.342 e. The Morgan fingerprint density at radius 2 is 1.33 bits per heavy atom. The van der Waals surface area contributed by atoms with Crippen LogP contribution in [0.25, 0.3) is 0 Å². The van der Waals surface area contributed by atoms with E-state index in [1.54, 1.807) is 28.2 Å². The predicted molar refractivity (Wildman–Crippen MR) is 37.2 cm³/mol. The van der Waals surface area contributed by atoms with Crippen molar-refractivity contribution in [1.29, 1.82) is 0 Å². The van der Waals surface area contributed by atoms with Gasteiger partial charge in [-0.3, -0.25) is 4.57 Å². The van der Waals surface area contributed by atoms with Crippen LogP contribution >= 0.6 is 7.67 Å². The van der Waals surface area contributed by atoms with E-state index in [9.17, 15) is 4.57 Å². The molecule has 0 aliphatic carbocycles. The van der Waals surface area contributed by atoms with Gasteiger partial charge in [-0.15, -0.1) is 0 Å². The molecule has 0 aromatic heterocycles. The standard InChI is InChI=1S/C4H13N2O2P/c1-5(2)9(7,8)6(3)4/h1-4H3,(H,7,8). The van der Waals surface area contributed by atoms with E-state index in [0.717, 1.165) is 0 Å². The second kappa shape index (κ2) is 2.80. The van der Waals surface area contributed by atoms with E-state index < -0.39 is 7.67 Å². The molecule has 0 saturated heterocycles. The molecule has 1 N–H and O–H groups in total. The molecule has 4 nitrogen and oxygen atoms in total. The third-order valence-electron chi connectivity index (χ3n) is 1.04. The first-order valence-electron chi connectivity index (χ1n) is 2.57. The van der Waals surface area contributed by atoms with Crippen molar-refractivity contribution in [1.82, 2.24) is 9.34 Å². The van der Waals surface area contributed by atoms with Gasteiger partial charge in [0.05, 0.1) is 0 Å². The summed E-state index contributed by atoms with van der Waals surface area (Å²) in [4.78, 5) is 9.08. The maximum atomic E-state index is 11.0. The minimum absolute atomic E-state index is 1.30. The summed E-state index contributed by atoms with van der Waals surface area (Å²) in [7, 11) is 3.11. The topological polar surface area (TPSA) is 43.8 Å². The van der Waals surface area contributed by atoms with Gasteiger partial charge < -0.3 is 4.89 Å². The average molecular weight is 152 g/mol. The molecule has 5 heteroatoms. The minimum atomic E-state index is -3.17. The summed E-state index contributed by atoms with van der Waals surface area (Å²) in [6, 6.07) is 0. The summed E-state index contributed by atoms with van der Waals surface area (Å²) in [5.74, 6) is 0. The Balaban J connectivity index is 4.21. The number of nitrogens with zero attached hydrogens (tertiary/aromatic N) is 2. The second-order valence-electron chi connectivity index (χ2n) is 2.21. The fourth-order valence-corrected chi connectivity index (χ4v) is 1.07. The summed E-state index contributed by atoms with van der Waals surface area (Å²) < 4.78 is 13.6. The first-order chi connectivity index (χ1) is 3.89. The normalized spacial score (nSPS) is 13.2. The molecule has 0 aromatic rings. The van der Waals surface area contributed by atoms with Crippen LogP contribution in [-0.2, 0) is 4.57 Å². The second-order valence-corrected chi connectivity index (χ2v) is 4.83. The smallest absolute Gasteiger partial charge is 0.322 e. The Hall–Kier alpha value is 0.110. The van der Waals surface area contributed by atoms with Crippen LogP contribution in [-0.4, -0.2) is 42.4 Å². The summed E-state index contributed by atoms with van der Waals surface area (Å²) in [5, 5.41) is 0. The Morgan fingerprint density at radius 3 is 1.33 bits per heavy atom. The van der Waals surface area contributed by atoms with Crippen LogP contribution in [0.4, 0.5) is 0 Å². The average Bonchev–Trinajstić information content (AvgIpc) is 1.65. The third kappa shape index (κ3) is 2.06. The molecule has 0 spiro atoms.